The van der Waals surface area contributed by atoms with Gasteiger partial charge in [-0.2, -0.15) is 0 Å². The van der Waals surface area contributed by atoms with Crippen LogP contribution in [0, 0.1) is 11.8 Å². The molecule has 3 heteroatoms. The van der Waals surface area contributed by atoms with Crippen molar-refractivity contribution in [2.75, 3.05) is 6.61 Å². The number of hydrogen-bond acceptors (Lipinski definition) is 2. The van der Waals surface area contributed by atoms with Crippen molar-refractivity contribution >= 4 is 29.6 Å². The van der Waals surface area contributed by atoms with Gasteiger partial charge in [0.25, 0.3) is 0 Å². The van der Waals surface area contributed by atoms with Gasteiger partial charge in [0.05, 0.1) is 12.5 Å². The summed E-state index contributed by atoms with van der Waals surface area (Å²) in [7, 11) is -2.24. The van der Waals surface area contributed by atoms with Gasteiger partial charge in [0.1, 0.15) is 8.07 Å². The highest BCUT2D eigenvalue weighted by Crippen LogP contribution is 2.45. The monoisotopic (exact) mass is 386 g/mol. The lowest BCUT2D eigenvalue weighted by Crippen LogP contribution is -2.67. The zero-order valence-corrected chi connectivity index (χ0v) is 17.3. The molecule has 1 aliphatic carbocycles. The van der Waals surface area contributed by atoms with Gasteiger partial charge in [-0.05, 0) is 40.9 Å². The van der Waals surface area contributed by atoms with Crippen molar-refractivity contribution in [2.24, 2.45) is 11.8 Å². The third-order valence-electron chi connectivity index (χ3n) is 5.88. The number of carbonyl (C=O) groups is 1. The highest BCUT2D eigenvalue weighted by Gasteiger charge is 2.51. The summed E-state index contributed by atoms with van der Waals surface area (Å²) in [6.45, 7) is 2.34. The van der Waals surface area contributed by atoms with Crippen LogP contribution in [0.3, 0.4) is 0 Å². The van der Waals surface area contributed by atoms with E-state index in [-0.39, 0.29) is 11.9 Å². The van der Waals surface area contributed by atoms with E-state index in [0.29, 0.717) is 12.5 Å². The maximum absolute atomic E-state index is 12.3. The fourth-order valence-electron chi connectivity index (χ4n) is 4.43. The summed E-state index contributed by atoms with van der Waals surface area (Å²) in [6.07, 6.45) is 0.945. The Morgan fingerprint density at radius 3 is 1.64 bits per heavy atom. The third-order valence-corrected chi connectivity index (χ3v) is 11.0. The standard InChI is InChI=1S/C25H26O2Si/c1-2-27-25(26)24-18-20(24)19-28(21-12-6-3-7-13-21,22-14-8-4-9-15-22)23-16-10-5-11-17-23/h3-17,20,24H,2,18-19H2,1H3/t20-,24+/m1/s1. The summed E-state index contributed by atoms with van der Waals surface area (Å²) < 4.78 is 5.30. The second-order valence-electron chi connectivity index (χ2n) is 7.56. The predicted molar refractivity (Wildman–Crippen MR) is 117 cm³/mol. The summed E-state index contributed by atoms with van der Waals surface area (Å²) in [5.74, 6) is 0.430. The average molecular weight is 387 g/mol. The molecule has 4 rings (SSSR count). The van der Waals surface area contributed by atoms with Gasteiger partial charge in [-0.15, -0.1) is 0 Å². The smallest absolute Gasteiger partial charge is 0.309 e. The minimum Gasteiger partial charge on any atom is -0.466 e. The molecule has 0 aliphatic heterocycles. The van der Waals surface area contributed by atoms with Crippen molar-refractivity contribution in [1.82, 2.24) is 0 Å². The number of ether oxygens (including phenoxy) is 1. The number of carbonyl (C=O) groups excluding carboxylic acids is 1. The van der Waals surface area contributed by atoms with E-state index in [1.165, 1.54) is 15.6 Å². The van der Waals surface area contributed by atoms with Crippen LogP contribution in [0.25, 0.3) is 0 Å². The van der Waals surface area contributed by atoms with Crippen molar-refractivity contribution in [3.8, 4) is 0 Å². The van der Waals surface area contributed by atoms with Gasteiger partial charge in [-0.25, -0.2) is 0 Å². The van der Waals surface area contributed by atoms with Gasteiger partial charge in [-0.3, -0.25) is 4.79 Å². The largest absolute Gasteiger partial charge is 0.466 e. The molecule has 0 unspecified atom stereocenters. The first-order valence-corrected chi connectivity index (χ1v) is 12.3. The van der Waals surface area contributed by atoms with Crippen LogP contribution in [0.15, 0.2) is 91.0 Å². The topological polar surface area (TPSA) is 26.3 Å². The molecule has 0 N–H and O–H groups in total. The second kappa shape index (κ2) is 8.15. The predicted octanol–water partition coefficient (Wildman–Crippen LogP) is 3.36. The molecule has 1 fully saturated rings. The molecule has 3 aromatic rings. The first kappa shape index (κ1) is 18.7. The normalized spacial score (nSPS) is 18.5. The van der Waals surface area contributed by atoms with Crippen LogP contribution in [-0.2, 0) is 9.53 Å². The van der Waals surface area contributed by atoms with Gasteiger partial charge in [0, 0.05) is 0 Å². The Hall–Kier alpha value is -2.65. The average Bonchev–Trinajstić information content (AvgIpc) is 3.53. The minimum absolute atomic E-state index is 0.0235. The van der Waals surface area contributed by atoms with Gasteiger partial charge >= 0.3 is 5.97 Å². The van der Waals surface area contributed by atoms with Crippen LogP contribution in [0.2, 0.25) is 6.04 Å². The van der Waals surface area contributed by atoms with Gasteiger partial charge in [-0.1, -0.05) is 91.0 Å². The third kappa shape index (κ3) is 3.55. The maximum Gasteiger partial charge on any atom is 0.309 e. The number of hydrogen-bond donors (Lipinski definition) is 0. The Bertz CT molecular complexity index is 812. The summed E-state index contributed by atoms with van der Waals surface area (Å²) in [5.41, 5.74) is 0. The molecular weight excluding hydrogens is 360 g/mol. The van der Waals surface area contributed by atoms with Crippen molar-refractivity contribution in [3.63, 3.8) is 0 Å². The van der Waals surface area contributed by atoms with E-state index in [1.54, 1.807) is 0 Å². The highest BCUT2D eigenvalue weighted by molar-refractivity contribution is 7.11. The fourth-order valence-corrected chi connectivity index (χ4v) is 9.66. The van der Waals surface area contributed by atoms with E-state index < -0.39 is 8.07 Å². The Labute approximate surface area is 168 Å². The van der Waals surface area contributed by atoms with E-state index in [9.17, 15) is 4.79 Å². The van der Waals surface area contributed by atoms with Crippen molar-refractivity contribution in [1.29, 1.82) is 0 Å². The Balaban J connectivity index is 1.82. The van der Waals surface area contributed by atoms with Crippen molar-refractivity contribution in [2.45, 2.75) is 19.4 Å². The minimum atomic E-state index is -2.24. The zero-order chi connectivity index (χ0) is 19.4. The molecule has 0 radical (unpaired) electrons. The lowest BCUT2D eigenvalue weighted by molar-refractivity contribution is -0.144. The number of rotatable bonds is 7. The summed E-state index contributed by atoms with van der Waals surface area (Å²) in [6, 6.07) is 33.7. The lowest BCUT2D eigenvalue weighted by atomic mass is 10.3. The summed E-state index contributed by atoms with van der Waals surface area (Å²) in [5, 5.41) is 4.21. The summed E-state index contributed by atoms with van der Waals surface area (Å²) in [4.78, 5) is 12.3. The van der Waals surface area contributed by atoms with Crippen LogP contribution in [0.4, 0.5) is 0 Å². The first-order valence-electron chi connectivity index (χ1n) is 10.1. The van der Waals surface area contributed by atoms with E-state index in [2.05, 4.69) is 91.0 Å². The SMILES string of the molecule is CCOC(=O)[C@H]1C[C@@H]1C[Si](c1ccccc1)(c1ccccc1)c1ccccc1. The quantitative estimate of drug-likeness (QED) is 0.354. The van der Waals surface area contributed by atoms with Gasteiger partial charge in [0.15, 0.2) is 0 Å². The molecule has 0 spiro atoms. The van der Waals surface area contributed by atoms with Gasteiger partial charge < -0.3 is 4.74 Å². The molecule has 0 aromatic heterocycles. The van der Waals surface area contributed by atoms with E-state index in [0.717, 1.165) is 12.5 Å². The van der Waals surface area contributed by atoms with Gasteiger partial charge in [0.2, 0.25) is 0 Å². The Morgan fingerprint density at radius 1 is 0.821 bits per heavy atom. The molecule has 1 saturated carbocycles. The lowest BCUT2D eigenvalue weighted by Gasteiger charge is -2.34. The molecule has 0 amide bonds. The van der Waals surface area contributed by atoms with Crippen LogP contribution in [-0.4, -0.2) is 20.7 Å². The molecule has 1 aliphatic rings. The number of benzene rings is 3. The molecule has 2 atom stereocenters. The van der Waals surface area contributed by atoms with E-state index in [1.807, 2.05) is 6.92 Å². The molecule has 0 bridgehead atoms. The molecule has 3 aromatic carbocycles. The maximum atomic E-state index is 12.3. The molecule has 2 nitrogen and oxygen atoms in total. The Kier molecular flexibility index (Phi) is 5.44. The fraction of sp³-hybridized carbons (Fsp3) is 0.240. The van der Waals surface area contributed by atoms with Crippen LogP contribution < -0.4 is 15.6 Å². The van der Waals surface area contributed by atoms with Crippen molar-refractivity contribution < 1.29 is 9.53 Å². The first-order chi connectivity index (χ1) is 13.8. The molecule has 0 heterocycles. The van der Waals surface area contributed by atoms with Crippen LogP contribution in [0.1, 0.15) is 13.3 Å². The molecule has 142 valence electrons. The van der Waals surface area contributed by atoms with E-state index >= 15 is 0 Å². The molecular formula is C25H26O2Si. The summed E-state index contributed by atoms with van der Waals surface area (Å²) >= 11 is 0. The highest BCUT2D eigenvalue weighted by atomic mass is 28.3. The second-order valence-corrected chi connectivity index (χ2v) is 11.5. The zero-order valence-electron chi connectivity index (χ0n) is 16.3. The molecule has 28 heavy (non-hydrogen) atoms. The molecule has 0 saturated heterocycles. The Morgan fingerprint density at radius 2 is 1.25 bits per heavy atom. The van der Waals surface area contributed by atoms with Crippen molar-refractivity contribution in [3.05, 3.63) is 91.0 Å². The number of esters is 1. The van der Waals surface area contributed by atoms with Crippen LogP contribution in [0.5, 0.6) is 0 Å². The van der Waals surface area contributed by atoms with Crippen LogP contribution >= 0.6 is 0 Å². The van der Waals surface area contributed by atoms with E-state index in [4.69, 9.17) is 4.74 Å².